The monoisotopic (exact) mass is 696 g/mol. The second-order valence-electron chi connectivity index (χ2n) is 13.0. The average molecular weight is 697 g/mol. The number of amides is 3. The van der Waals surface area contributed by atoms with Crippen LogP contribution in [0.15, 0.2) is 60.7 Å². The van der Waals surface area contributed by atoms with Crippen molar-refractivity contribution in [3.8, 4) is 11.1 Å². The van der Waals surface area contributed by atoms with Gasteiger partial charge in [0.1, 0.15) is 13.1 Å². The summed E-state index contributed by atoms with van der Waals surface area (Å²) in [5, 5.41) is 18.4. The molecule has 0 fully saturated rings. The van der Waals surface area contributed by atoms with Crippen LogP contribution in [-0.4, -0.2) is 64.8 Å². The molecule has 0 aliphatic rings. The van der Waals surface area contributed by atoms with E-state index in [-0.39, 0.29) is 45.2 Å². The van der Waals surface area contributed by atoms with E-state index in [1.54, 1.807) is 43.3 Å². The summed E-state index contributed by atoms with van der Waals surface area (Å²) >= 11 is 6.29. The van der Waals surface area contributed by atoms with Crippen LogP contribution in [-0.2, 0) is 20.6 Å². The zero-order chi connectivity index (χ0) is 35.6. The molecule has 254 valence electrons. The number of nitrogens with zero attached hydrogens (tertiary/aromatic N) is 4. The number of primary amides is 1. The Morgan fingerprint density at radius 3 is 2.42 bits per heavy atom. The summed E-state index contributed by atoms with van der Waals surface area (Å²) in [5.74, 6) is -2.86. The number of halogens is 2. The van der Waals surface area contributed by atoms with Crippen molar-refractivity contribution in [3.05, 3.63) is 87.3 Å². The third-order valence-electron chi connectivity index (χ3n) is 8.56. The van der Waals surface area contributed by atoms with E-state index >= 15 is 4.39 Å². The van der Waals surface area contributed by atoms with E-state index < -0.39 is 55.9 Å². The van der Waals surface area contributed by atoms with Crippen molar-refractivity contribution < 1.29 is 28.1 Å². The summed E-state index contributed by atoms with van der Waals surface area (Å²) in [6.07, 6.45) is 0. The number of carbonyl (C=O) groups is 3. The molecule has 0 radical (unpaired) electrons. The van der Waals surface area contributed by atoms with Crippen LogP contribution in [0.3, 0.4) is 0 Å². The Morgan fingerprint density at radius 2 is 1.79 bits per heavy atom. The molecule has 1 unspecified atom stereocenters. The third-order valence-corrected chi connectivity index (χ3v) is 13.4. The molecule has 3 aromatic carbocycles. The molecule has 1 aromatic heterocycles. The van der Waals surface area contributed by atoms with Gasteiger partial charge in [-0.05, 0) is 43.3 Å². The molecule has 1 heterocycles. The fourth-order valence-corrected chi connectivity index (χ4v) is 6.12. The summed E-state index contributed by atoms with van der Waals surface area (Å²) < 4.78 is 23.2. The smallest absolute Gasteiger partial charge is 0.270 e. The molecule has 0 aliphatic carbocycles. The average Bonchev–Trinajstić information content (AvgIpc) is 3.37. The van der Waals surface area contributed by atoms with Gasteiger partial charge in [0, 0.05) is 33.7 Å². The molecule has 1 atom stereocenters. The molecular weight excluding hydrogens is 659 g/mol. The van der Waals surface area contributed by atoms with E-state index in [4.69, 9.17) is 21.8 Å². The summed E-state index contributed by atoms with van der Waals surface area (Å²) in [6.45, 7) is 11.3. The Kier molecular flexibility index (Phi) is 10.7. The van der Waals surface area contributed by atoms with E-state index in [0.29, 0.717) is 10.6 Å². The highest BCUT2D eigenvalue weighted by atomic mass is 35.5. The lowest BCUT2D eigenvalue weighted by Gasteiger charge is -2.38. The van der Waals surface area contributed by atoms with E-state index in [1.165, 1.54) is 27.8 Å². The Bertz CT molecular complexity index is 1890. The van der Waals surface area contributed by atoms with Crippen molar-refractivity contribution in [3.63, 3.8) is 0 Å². The van der Waals surface area contributed by atoms with Crippen LogP contribution in [0.4, 0.5) is 15.8 Å². The van der Waals surface area contributed by atoms with Crippen LogP contribution in [0.25, 0.3) is 22.0 Å². The summed E-state index contributed by atoms with van der Waals surface area (Å²) in [6, 6.07) is 14.4. The number of nitrogens with one attached hydrogen (secondary N) is 1. The van der Waals surface area contributed by atoms with Crippen molar-refractivity contribution in [1.82, 2.24) is 14.7 Å². The number of hydrogen-bond acceptors (Lipinski definition) is 7. The van der Waals surface area contributed by atoms with Gasteiger partial charge in [-0.15, -0.1) is 0 Å². The number of fused-ring (bicyclic) bond motifs is 1. The lowest BCUT2D eigenvalue weighted by atomic mass is 10.0. The molecular formula is C33H38ClFN6O6Si. The number of nitro benzene ring substituents is 1. The van der Waals surface area contributed by atoms with E-state index in [2.05, 4.69) is 44.3 Å². The maximum absolute atomic E-state index is 15.6. The molecule has 0 bridgehead atoms. The van der Waals surface area contributed by atoms with Gasteiger partial charge in [-0.1, -0.05) is 62.7 Å². The fourth-order valence-electron chi connectivity index (χ4n) is 4.79. The lowest BCUT2D eigenvalue weighted by Crippen LogP contribution is -2.50. The first-order valence-electron chi connectivity index (χ1n) is 15.1. The predicted octanol–water partition coefficient (Wildman–Crippen LogP) is 6.38. The fraction of sp³-hybridized carbons (Fsp3) is 0.333. The number of non-ortho nitro benzene ring substituents is 1. The Hall–Kier alpha value is -4.66. The van der Waals surface area contributed by atoms with Gasteiger partial charge in [0.25, 0.3) is 11.6 Å². The Morgan fingerprint density at radius 1 is 1.12 bits per heavy atom. The van der Waals surface area contributed by atoms with Crippen molar-refractivity contribution in [2.24, 2.45) is 5.73 Å². The van der Waals surface area contributed by atoms with E-state index in [9.17, 15) is 24.5 Å². The van der Waals surface area contributed by atoms with Gasteiger partial charge in [0.2, 0.25) is 11.8 Å². The molecule has 3 amide bonds. The van der Waals surface area contributed by atoms with Gasteiger partial charge < -0.3 is 20.4 Å². The predicted molar refractivity (Wildman–Crippen MR) is 185 cm³/mol. The molecule has 12 nitrogen and oxygen atoms in total. The zero-order valence-electron chi connectivity index (χ0n) is 27.5. The van der Waals surface area contributed by atoms with Gasteiger partial charge >= 0.3 is 0 Å². The van der Waals surface area contributed by atoms with Crippen molar-refractivity contribution in [1.29, 1.82) is 0 Å². The second-order valence-corrected chi connectivity index (χ2v) is 18.2. The molecule has 0 saturated heterocycles. The standard InChI is InChI=1S/C33H38ClFN6O6Si/c1-20(19-47-48(5,6)33(2,3)4)39(17-28(42)37-26-13-9-11-23(30(26)35)22-10-7-8-12-25(22)34)29(43)18-40-27-15-14-21(41(45)46)16-24(27)31(38-40)32(36)44/h7-16,20H,17-19H2,1-6H3,(H2,36,44)(H,37,42). The maximum atomic E-state index is 15.6. The summed E-state index contributed by atoms with van der Waals surface area (Å²) in [5.41, 5.74) is 5.78. The first kappa shape index (κ1) is 36.2. The molecule has 4 aromatic rings. The van der Waals surface area contributed by atoms with Crippen LogP contribution < -0.4 is 11.1 Å². The minimum atomic E-state index is -2.26. The third kappa shape index (κ3) is 7.89. The quantitative estimate of drug-likeness (QED) is 0.0986. The van der Waals surface area contributed by atoms with Gasteiger partial charge in [-0.2, -0.15) is 5.10 Å². The minimum absolute atomic E-state index is 0.0965. The number of hydrogen-bond donors (Lipinski definition) is 2. The minimum Gasteiger partial charge on any atom is -0.415 e. The van der Waals surface area contributed by atoms with Crippen LogP contribution in [0.2, 0.25) is 23.2 Å². The van der Waals surface area contributed by atoms with Crippen LogP contribution in [0.5, 0.6) is 0 Å². The lowest BCUT2D eigenvalue weighted by molar-refractivity contribution is -0.384. The molecule has 0 saturated carbocycles. The number of nitro groups is 1. The number of aromatic nitrogens is 2. The molecule has 4 rings (SSSR count). The number of benzene rings is 3. The summed E-state index contributed by atoms with van der Waals surface area (Å²) in [4.78, 5) is 51.6. The molecule has 0 spiro atoms. The Labute approximate surface area is 283 Å². The first-order chi connectivity index (χ1) is 22.4. The van der Waals surface area contributed by atoms with E-state index in [1.807, 2.05) is 0 Å². The SMILES string of the molecule is CC(CO[Si](C)(C)C(C)(C)C)N(CC(=O)Nc1cccc(-c2ccccc2Cl)c1F)C(=O)Cn1nc(C(N)=O)c2cc([N+](=O)[O-])ccc21. The molecule has 15 heteroatoms. The van der Waals surface area contributed by atoms with Gasteiger partial charge in [-0.25, -0.2) is 4.39 Å². The molecule has 48 heavy (non-hydrogen) atoms. The van der Waals surface area contributed by atoms with Crippen molar-refractivity contribution in [2.75, 3.05) is 18.5 Å². The molecule has 3 N–H and O–H groups in total. The van der Waals surface area contributed by atoms with Gasteiger partial charge in [0.15, 0.2) is 19.8 Å². The molecule has 0 aliphatic heterocycles. The number of anilines is 1. The van der Waals surface area contributed by atoms with Crippen LogP contribution in [0.1, 0.15) is 38.2 Å². The first-order valence-corrected chi connectivity index (χ1v) is 18.4. The van der Waals surface area contributed by atoms with Gasteiger partial charge in [0.05, 0.1) is 28.8 Å². The number of nitrogens with two attached hydrogens (primary N) is 1. The highest BCUT2D eigenvalue weighted by molar-refractivity contribution is 6.74. The second kappa shape index (κ2) is 14.2. The Balaban J connectivity index is 1.64. The largest absolute Gasteiger partial charge is 0.415 e. The highest BCUT2D eigenvalue weighted by Gasteiger charge is 2.38. The van der Waals surface area contributed by atoms with Gasteiger partial charge in [-0.3, -0.25) is 29.2 Å². The van der Waals surface area contributed by atoms with Crippen molar-refractivity contribution >= 4 is 59.9 Å². The van der Waals surface area contributed by atoms with E-state index in [0.717, 1.165) is 6.07 Å². The highest BCUT2D eigenvalue weighted by Crippen LogP contribution is 2.37. The van der Waals surface area contributed by atoms with Crippen LogP contribution >= 0.6 is 11.6 Å². The normalized spacial score (nSPS) is 12.5. The maximum Gasteiger partial charge on any atom is 0.270 e. The topological polar surface area (TPSA) is 163 Å². The summed E-state index contributed by atoms with van der Waals surface area (Å²) in [7, 11) is -2.26. The number of rotatable bonds is 12. The number of carbonyl (C=O) groups excluding carboxylic acids is 3. The zero-order valence-corrected chi connectivity index (χ0v) is 29.3. The van der Waals surface area contributed by atoms with Crippen molar-refractivity contribution in [2.45, 2.75) is 58.4 Å². The van der Waals surface area contributed by atoms with Crippen LogP contribution in [0, 0.1) is 15.9 Å².